The van der Waals surface area contributed by atoms with Crippen molar-refractivity contribution >= 4 is 23.4 Å². The number of carbonyl (C=O) groups is 1. The maximum absolute atomic E-state index is 11.1. The smallest absolute Gasteiger partial charge is 0.336 e. The highest BCUT2D eigenvalue weighted by Gasteiger charge is 2.14. The number of benzene rings is 1. The Morgan fingerprint density at radius 1 is 1.29 bits per heavy atom. The van der Waals surface area contributed by atoms with Crippen molar-refractivity contribution in [3.63, 3.8) is 0 Å². The highest BCUT2D eigenvalue weighted by molar-refractivity contribution is 6.33. The van der Waals surface area contributed by atoms with E-state index in [0.29, 0.717) is 16.1 Å². The van der Waals surface area contributed by atoms with Crippen LogP contribution in [0.3, 0.4) is 0 Å². The number of nitrogens with two attached hydrogens (primary N) is 1. The second-order valence-electron chi connectivity index (χ2n) is 3.44. The molecule has 0 amide bonds. The summed E-state index contributed by atoms with van der Waals surface area (Å²) < 4.78 is 0. The van der Waals surface area contributed by atoms with Crippen LogP contribution >= 0.6 is 11.6 Å². The number of carboxylic acid groups (broad SMARTS) is 1. The molecule has 4 nitrogen and oxygen atoms in total. The van der Waals surface area contributed by atoms with Gasteiger partial charge < -0.3 is 10.8 Å². The molecule has 5 heteroatoms. The van der Waals surface area contributed by atoms with Crippen LogP contribution in [0, 0.1) is 0 Å². The molecule has 1 aromatic heterocycles. The number of pyridine rings is 1. The number of aromatic nitrogens is 1. The largest absolute Gasteiger partial charge is 0.478 e. The van der Waals surface area contributed by atoms with Gasteiger partial charge in [-0.2, -0.15) is 0 Å². The zero-order valence-electron chi connectivity index (χ0n) is 8.72. The Labute approximate surface area is 103 Å². The molecule has 0 unspecified atom stereocenters. The number of aromatic carboxylic acids is 1. The quantitative estimate of drug-likeness (QED) is 0.857. The summed E-state index contributed by atoms with van der Waals surface area (Å²) in [6.07, 6.45) is 1.42. The normalized spacial score (nSPS) is 10.2. The Morgan fingerprint density at radius 3 is 2.65 bits per heavy atom. The van der Waals surface area contributed by atoms with Crippen LogP contribution in [0.5, 0.6) is 0 Å². The number of rotatable bonds is 2. The molecule has 0 radical (unpaired) electrons. The van der Waals surface area contributed by atoms with E-state index < -0.39 is 5.97 Å². The third-order valence-electron chi connectivity index (χ3n) is 2.32. The predicted molar refractivity (Wildman–Crippen MR) is 66.1 cm³/mol. The topological polar surface area (TPSA) is 76.2 Å². The third kappa shape index (κ3) is 2.21. The second-order valence-corrected chi connectivity index (χ2v) is 3.85. The zero-order valence-corrected chi connectivity index (χ0v) is 9.48. The molecule has 1 aromatic carbocycles. The first-order valence-corrected chi connectivity index (χ1v) is 5.21. The molecule has 0 saturated carbocycles. The predicted octanol–water partition coefficient (Wildman–Crippen LogP) is 2.68. The Bertz CT molecular complexity index is 584. The molecule has 0 atom stereocenters. The highest BCUT2D eigenvalue weighted by atomic mass is 35.5. The first-order chi connectivity index (χ1) is 8.09. The Morgan fingerprint density at radius 2 is 2.00 bits per heavy atom. The van der Waals surface area contributed by atoms with E-state index in [4.69, 9.17) is 22.4 Å². The Balaban J connectivity index is 2.68. The van der Waals surface area contributed by atoms with Crippen LogP contribution in [0.25, 0.3) is 11.1 Å². The zero-order chi connectivity index (χ0) is 12.4. The molecular weight excluding hydrogens is 240 g/mol. The lowest BCUT2D eigenvalue weighted by Gasteiger charge is -2.08. The van der Waals surface area contributed by atoms with Crippen LogP contribution in [0.2, 0.25) is 5.02 Å². The van der Waals surface area contributed by atoms with E-state index in [1.54, 1.807) is 24.3 Å². The summed E-state index contributed by atoms with van der Waals surface area (Å²) in [5.41, 5.74) is 6.64. The first kappa shape index (κ1) is 11.4. The van der Waals surface area contributed by atoms with Crippen LogP contribution in [-0.2, 0) is 0 Å². The minimum Gasteiger partial charge on any atom is -0.478 e. The fourth-order valence-corrected chi connectivity index (χ4v) is 1.78. The van der Waals surface area contributed by atoms with Gasteiger partial charge in [0.2, 0.25) is 0 Å². The van der Waals surface area contributed by atoms with Gasteiger partial charge in [-0.3, -0.25) is 0 Å². The Kier molecular flexibility index (Phi) is 2.97. The molecule has 3 N–H and O–H groups in total. The molecule has 0 aliphatic rings. The van der Waals surface area contributed by atoms with Crippen molar-refractivity contribution in [2.75, 3.05) is 5.73 Å². The minimum atomic E-state index is -1.06. The standard InChI is InChI=1S/C12H9ClN2O2/c13-10-4-2-1-3-7(10)9-6-15-11(14)5-8(9)12(16)17/h1-6H,(H2,14,15)(H,16,17). The Hall–Kier alpha value is -2.07. The third-order valence-corrected chi connectivity index (χ3v) is 2.65. The van der Waals surface area contributed by atoms with Gasteiger partial charge in [0, 0.05) is 22.3 Å². The van der Waals surface area contributed by atoms with E-state index in [2.05, 4.69) is 4.98 Å². The van der Waals surface area contributed by atoms with Crippen molar-refractivity contribution in [1.82, 2.24) is 4.98 Å². The first-order valence-electron chi connectivity index (χ1n) is 4.83. The van der Waals surface area contributed by atoms with Crippen molar-refractivity contribution in [2.24, 2.45) is 0 Å². The lowest BCUT2D eigenvalue weighted by atomic mass is 10.0. The average Bonchev–Trinajstić information content (AvgIpc) is 2.30. The van der Waals surface area contributed by atoms with Crippen molar-refractivity contribution in [3.8, 4) is 11.1 Å². The molecule has 0 fully saturated rings. The van der Waals surface area contributed by atoms with Crippen LogP contribution in [0.4, 0.5) is 5.82 Å². The number of halogens is 1. The molecule has 0 aliphatic carbocycles. The molecule has 2 aromatic rings. The second kappa shape index (κ2) is 4.43. The molecule has 17 heavy (non-hydrogen) atoms. The minimum absolute atomic E-state index is 0.0885. The van der Waals surface area contributed by atoms with Crippen LogP contribution in [0.1, 0.15) is 10.4 Å². The van der Waals surface area contributed by atoms with Gasteiger partial charge in [-0.05, 0) is 12.1 Å². The SMILES string of the molecule is Nc1cc(C(=O)O)c(-c2ccccc2Cl)cn1. The van der Waals surface area contributed by atoms with Crippen LogP contribution in [0.15, 0.2) is 36.5 Å². The number of hydrogen-bond donors (Lipinski definition) is 2. The summed E-state index contributed by atoms with van der Waals surface area (Å²) in [6.45, 7) is 0. The maximum Gasteiger partial charge on any atom is 0.336 e. The monoisotopic (exact) mass is 248 g/mol. The lowest BCUT2D eigenvalue weighted by molar-refractivity contribution is 0.0697. The van der Waals surface area contributed by atoms with Crippen molar-refractivity contribution in [2.45, 2.75) is 0 Å². The molecule has 0 aliphatic heterocycles. The van der Waals surface area contributed by atoms with Gasteiger partial charge >= 0.3 is 5.97 Å². The number of carboxylic acids is 1. The number of nitrogen functional groups attached to an aromatic ring is 1. The van der Waals surface area contributed by atoms with Gasteiger partial charge in [-0.1, -0.05) is 29.8 Å². The molecular formula is C12H9ClN2O2. The molecule has 86 valence electrons. The lowest BCUT2D eigenvalue weighted by Crippen LogP contribution is -2.03. The number of hydrogen-bond acceptors (Lipinski definition) is 3. The molecule has 0 saturated heterocycles. The van der Waals surface area contributed by atoms with Gasteiger partial charge in [0.05, 0.1) is 5.56 Å². The van der Waals surface area contributed by atoms with E-state index in [1.165, 1.54) is 12.3 Å². The fraction of sp³-hybridized carbons (Fsp3) is 0. The molecule has 1 heterocycles. The summed E-state index contributed by atoms with van der Waals surface area (Å²) >= 11 is 6.02. The van der Waals surface area contributed by atoms with Gasteiger partial charge in [0.25, 0.3) is 0 Å². The van der Waals surface area contributed by atoms with E-state index in [1.807, 2.05) is 0 Å². The van der Waals surface area contributed by atoms with Gasteiger partial charge in [-0.25, -0.2) is 9.78 Å². The molecule has 2 rings (SSSR count). The van der Waals surface area contributed by atoms with Crippen molar-refractivity contribution < 1.29 is 9.90 Å². The molecule has 0 spiro atoms. The van der Waals surface area contributed by atoms with E-state index in [9.17, 15) is 4.79 Å². The van der Waals surface area contributed by atoms with Gasteiger partial charge in [0.15, 0.2) is 0 Å². The summed E-state index contributed by atoms with van der Waals surface area (Å²) in [6, 6.07) is 8.31. The number of anilines is 1. The molecule has 0 bridgehead atoms. The maximum atomic E-state index is 11.1. The summed E-state index contributed by atoms with van der Waals surface area (Å²) in [7, 11) is 0. The van der Waals surface area contributed by atoms with Crippen LogP contribution < -0.4 is 5.73 Å². The summed E-state index contributed by atoms with van der Waals surface area (Å²) in [4.78, 5) is 15.0. The number of nitrogens with zero attached hydrogens (tertiary/aromatic N) is 1. The van der Waals surface area contributed by atoms with Gasteiger partial charge in [-0.15, -0.1) is 0 Å². The van der Waals surface area contributed by atoms with Crippen molar-refractivity contribution in [3.05, 3.63) is 47.1 Å². The van der Waals surface area contributed by atoms with Crippen molar-refractivity contribution in [1.29, 1.82) is 0 Å². The van der Waals surface area contributed by atoms with Crippen LogP contribution in [-0.4, -0.2) is 16.1 Å². The van der Waals surface area contributed by atoms with Gasteiger partial charge in [0.1, 0.15) is 5.82 Å². The fourth-order valence-electron chi connectivity index (χ4n) is 1.54. The van der Waals surface area contributed by atoms with E-state index in [0.717, 1.165) is 0 Å². The average molecular weight is 249 g/mol. The summed E-state index contributed by atoms with van der Waals surface area (Å²) in [5, 5.41) is 9.59. The van der Waals surface area contributed by atoms with E-state index in [-0.39, 0.29) is 11.4 Å². The summed E-state index contributed by atoms with van der Waals surface area (Å²) in [5.74, 6) is -0.896. The van der Waals surface area contributed by atoms with E-state index >= 15 is 0 Å². The highest BCUT2D eigenvalue weighted by Crippen LogP contribution is 2.30.